The van der Waals surface area contributed by atoms with Gasteiger partial charge in [-0.1, -0.05) is 6.92 Å². The van der Waals surface area contributed by atoms with Gasteiger partial charge in [-0.2, -0.15) is 0 Å². The fourth-order valence-corrected chi connectivity index (χ4v) is 3.06. The first kappa shape index (κ1) is 17.3. The number of aromatic nitrogens is 3. The summed E-state index contributed by atoms with van der Waals surface area (Å²) in [6, 6.07) is 0. The highest BCUT2D eigenvalue weighted by Gasteiger charge is 2.16. The molecular formula is C16H22N4O2S. The molecule has 1 N–H and O–H groups in total. The van der Waals surface area contributed by atoms with Crippen LogP contribution in [-0.4, -0.2) is 39.4 Å². The van der Waals surface area contributed by atoms with Gasteiger partial charge in [-0.15, -0.1) is 11.3 Å². The van der Waals surface area contributed by atoms with E-state index in [0.29, 0.717) is 30.0 Å². The lowest BCUT2D eigenvalue weighted by atomic mass is 10.1. The van der Waals surface area contributed by atoms with E-state index in [2.05, 4.69) is 15.0 Å². The summed E-state index contributed by atoms with van der Waals surface area (Å²) in [6.07, 6.45) is 1.52. The smallest absolute Gasteiger partial charge is 0.254 e. The molecule has 0 saturated carbocycles. The lowest BCUT2D eigenvalue weighted by Crippen LogP contribution is -2.32. The van der Waals surface area contributed by atoms with Gasteiger partial charge in [-0.05, 0) is 13.8 Å². The summed E-state index contributed by atoms with van der Waals surface area (Å²) in [5, 5.41) is 0. The first-order chi connectivity index (χ1) is 10.9. The largest absolute Gasteiger partial charge is 0.345 e. The molecule has 0 unspecified atom stereocenters. The van der Waals surface area contributed by atoms with E-state index in [1.165, 1.54) is 4.88 Å². The Morgan fingerprint density at radius 1 is 1.35 bits per heavy atom. The van der Waals surface area contributed by atoms with Gasteiger partial charge in [0.2, 0.25) is 5.91 Å². The topological polar surface area (TPSA) is 79.0 Å². The van der Waals surface area contributed by atoms with Crippen LogP contribution in [0.2, 0.25) is 0 Å². The Morgan fingerprint density at radius 2 is 2.09 bits per heavy atom. The average molecular weight is 334 g/mol. The molecule has 0 atom stereocenters. The van der Waals surface area contributed by atoms with Crippen molar-refractivity contribution in [2.24, 2.45) is 0 Å². The van der Waals surface area contributed by atoms with Crippen LogP contribution >= 0.6 is 11.3 Å². The number of aryl methyl sites for hydroxylation is 3. The van der Waals surface area contributed by atoms with Crippen LogP contribution in [-0.2, 0) is 24.1 Å². The van der Waals surface area contributed by atoms with Crippen LogP contribution < -0.4 is 5.56 Å². The Labute approximate surface area is 139 Å². The SMILES string of the molecule is CCc1nc(C)c(CC(=O)N(C)CCc2scnc2C)c(=O)[nH]1. The molecule has 0 aliphatic carbocycles. The Balaban J connectivity index is 2.01. The van der Waals surface area contributed by atoms with Crippen molar-refractivity contribution in [2.45, 2.75) is 40.0 Å². The predicted octanol–water partition coefficient (Wildman–Crippen LogP) is 1.65. The summed E-state index contributed by atoms with van der Waals surface area (Å²) in [7, 11) is 1.76. The maximum absolute atomic E-state index is 12.3. The van der Waals surface area contributed by atoms with E-state index < -0.39 is 0 Å². The Hall–Kier alpha value is -2.02. The molecule has 7 heteroatoms. The summed E-state index contributed by atoms with van der Waals surface area (Å²) in [5.41, 5.74) is 3.70. The van der Waals surface area contributed by atoms with Crippen molar-refractivity contribution in [1.82, 2.24) is 19.9 Å². The number of aromatic amines is 1. The van der Waals surface area contributed by atoms with E-state index in [1.54, 1.807) is 30.2 Å². The fraction of sp³-hybridized carbons (Fsp3) is 0.500. The van der Waals surface area contributed by atoms with Gasteiger partial charge in [-0.25, -0.2) is 9.97 Å². The number of nitrogens with zero attached hydrogens (tertiary/aromatic N) is 3. The summed E-state index contributed by atoms with van der Waals surface area (Å²) in [6.45, 7) is 6.28. The standard InChI is InChI=1S/C16H22N4O2S/c1-5-14-18-10(2)12(16(22)19-14)8-15(21)20(4)7-6-13-11(3)17-9-23-13/h9H,5-8H2,1-4H3,(H,18,19,22). The Bertz CT molecular complexity index is 751. The monoisotopic (exact) mass is 334 g/mol. The number of carbonyl (C=O) groups is 1. The minimum absolute atomic E-state index is 0.0770. The molecule has 6 nitrogen and oxygen atoms in total. The number of H-pyrrole nitrogens is 1. The van der Waals surface area contributed by atoms with Crippen LogP contribution in [0.5, 0.6) is 0 Å². The maximum Gasteiger partial charge on any atom is 0.254 e. The molecule has 124 valence electrons. The van der Waals surface area contributed by atoms with Crippen LogP contribution in [0.15, 0.2) is 10.3 Å². The van der Waals surface area contributed by atoms with Crippen molar-refractivity contribution in [1.29, 1.82) is 0 Å². The normalized spacial score (nSPS) is 10.8. The zero-order valence-electron chi connectivity index (χ0n) is 14.0. The second-order valence-corrected chi connectivity index (χ2v) is 6.47. The number of hydrogen-bond acceptors (Lipinski definition) is 5. The van der Waals surface area contributed by atoms with Gasteiger partial charge in [0, 0.05) is 42.6 Å². The van der Waals surface area contributed by atoms with Crippen molar-refractivity contribution >= 4 is 17.2 Å². The van der Waals surface area contributed by atoms with E-state index in [4.69, 9.17) is 0 Å². The zero-order valence-corrected chi connectivity index (χ0v) is 14.8. The van der Waals surface area contributed by atoms with Gasteiger partial charge in [0.25, 0.3) is 5.56 Å². The van der Waals surface area contributed by atoms with Crippen molar-refractivity contribution in [3.05, 3.63) is 43.5 Å². The number of hydrogen-bond donors (Lipinski definition) is 1. The third-order valence-electron chi connectivity index (χ3n) is 3.88. The third-order valence-corrected chi connectivity index (χ3v) is 4.87. The molecule has 0 bridgehead atoms. The molecule has 0 radical (unpaired) electrons. The lowest BCUT2D eigenvalue weighted by Gasteiger charge is -2.17. The van der Waals surface area contributed by atoms with Crippen molar-refractivity contribution in [3.8, 4) is 0 Å². The molecular weight excluding hydrogens is 312 g/mol. The fourth-order valence-electron chi connectivity index (χ4n) is 2.29. The van der Waals surface area contributed by atoms with Crippen LogP contribution in [0, 0.1) is 13.8 Å². The average Bonchev–Trinajstić information content (AvgIpc) is 2.93. The summed E-state index contributed by atoms with van der Waals surface area (Å²) in [5.74, 6) is 0.574. The van der Waals surface area contributed by atoms with Crippen molar-refractivity contribution in [3.63, 3.8) is 0 Å². The van der Waals surface area contributed by atoms with E-state index in [1.807, 2.05) is 19.4 Å². The summed E-state index contributed by atoms with van der Waals surface area (Å²) >= 11 is 1.60. The molecule has 2 aromatic rings. The quantitative estimate of drug-likeness (QED) is 0.871. The Morgan fingerprint density at radius 3 is 2.65 bits per heavy atom. The minimum atomic E-state index is -0.214. The number of carbonyl (C=O) groups excluding carboxylic acids is 1. The number of rotatable bonds is 6. The summed E-state index contributed by atoms with van der Waals surface area (Å²) in [4.78, 5) is 38.6. The van der Waals surface area contributed by atoms with Crippen LogP contribution in [0.1, 0.15) is 34.6 Å². The molecule has 0 aliphatic rings. The molecule has 2 aromatic heterocycles. The van der Waals surface area contributed by atoms with Crippen LogP contribution in [0.3, 0.4) is 0 Å². The van der Waals surface area contributed by atoms with Crippen molar-refractivity contribution < 1.29 is 4.79 Å². The molecule has 0 aromatic carbocycles. The third kappa shape index (κ3) is 4.25. The van der Waals surface area contributed by atoms with Gasteiger partial charge in [0.05, 0.1) is 17.6 Å². The van der Waals surface area contributed by atoms with Gasteiger partial charge in [-0.3, -0.25) is 9.59 Å². The number of nitrogens with one attached hydrogen (secondary N) is 1. The van der Waals surface area contributed by atoms with Crippen LogP contribution in [0.25, 0.3) is 0 Å². The second-order valence-electron chi connectivity index (χ2n) is 5.53. The highest BCUT2D eigenvalue weighted by Crippen LogP contribution is 2.13. The first-order valence-corrected chi connectivity index (χ1v) is 8.52. The maximum atomic E-state index is 12.3. The molecule has 0 fully saturated rings. The van der Waals surface area contributed by atoms with Crippen molar-refractivity contribution in [2.75, 3.05) is 13.6 Å². The summed E-state index contributed by atoms with van der Waals surface area (Å²) < 4.78 is 0. The van der Waals surface area contributed by atoms with E-state index >= 15 is 0 Å². The highest BCUT2D eigenvalue weighted by molar-refractivity contribution is 7.09. The predicted molar refractivity (Wildman–Crippen MR) is 90.9 cm³/mol. The Kier molecular flexibility index (Phi) is 5.65. The zero-order chi connectivity index (χ0) is 17.0. The van der Waals surface area contributed by atoms with E-state index in [0.717, 1.165) is 12.1 Å². The molecule has 2 heterocycles. The molecule has 0 aliphatic heterocycles. The van der Waals surface area contributed by atoms with E-state index in [9.17, 15) is 9.59 Å². The molecule has 23 heavy (non-hydrogen) atoms. The van der Waals surface area contributed by atoms with Gasteiger partial charge in [0.15, 0.2) is 0 Å². The van der Waals surface area contributed by atoms with Gasteiger partial charge in [0.1, 0.15) is 5.82 Å². The van der Waals surface area contributed by atoms with Gasteiger partial charge < -0.3 is 9.88 Å². The number of thiazole rings is 1. The lowest BCUT2D eigenvalue weighted by molar-refractivity contribution is -0.129. The second kappa shape index (κ2) is 7.50. The number of likely N-dealkylation sites (N-methyl/N-ethyl adjacent to an activating group) is 1. The highest BCUT2D eigenvalue weighted by atomic mass is 32.1. The molecule has 0 saturated heterocycles. The first-order valence-electron chi connectivity index (χ1n) is 7.64. The van der Waals surface area contributed by atoms with E-state index in [-0.39, 0.29) is 17.9 Å². The molecule has 0 spiro atoms. The number of amides is 1. The minimum Gasteiger partial charge on any atom is -0.345 e. The van der Waals surface area contributed by atoms with Gasteiger partial charge >= 0.3 is 0 Å². The molecule has 2 rings (SSSR count). The molecule has 1 amide bonds. The van der Waals surface area contributed by atoms with Crippen LogP contribution in [0.4, 0.5) is 0 Å².